The van der Waals surface area contributed by atoms with Crippen LogP contribution in [0.2, 0.25) is 0 Å². The molecule has 0 radical (unpaired) electrons. The number of aryl methyl sites for hydroxylation is 1. The molecule has 1 aliphatic rings. The molecule has 2 aromatic heterocycles. The highest BCUT2D eigenvalue weighted by molar-refractivity contribution is 5.74. The molecule has 0 saturated carbocycles. The molecule has 2 amide bonds. The van der Waals surface area contributed by atoms with E-state index in [-0.39, 0.29) is 18.6 Å². The van der Waals surface area contributed by atoms with Crippen LogP contribution >= 0.6 is 0 Å². The number of para-hydroxylation sites is 1. The van der Waals surface area contributed by atoms with Gasteiger partial charge in [-0.15, -0.1) is 0 Å². The van der Waals surface area contributed by atoms with E-state index in [1.54, 1.807) is 16.5 Å². The van der Waals surface area contributed by atoms with Crippen LogP contribution in [0.15, 0.2) is 41.2 Å². The van der Waals surface area contributed by atoms with Crippen LogP contribution in [0.3, 0.4) is 0 Å². The van der Waals surface area contributed by atoms with Crippen molar-refractivity contribution in [1.29, 1.82) is 0 Å². The fourth-order valence-corrected chi connectivity index (χ4v) is 2.98. The van der Waals surface area contributed by atoms with E-state index in [1.807, 2.05) is 30.3 Å². The SMILES string of the molecule is Cc1nc(CNC(=O)N2CCOCC2c2ncnn2-c2ccccc2)no1. The first-order chi connectivity index (χ1) is 13.2. The lowest BCUT2D eigenvalue weighted by Gasteiger charge is -2.34. The zero-order valence-corrected chi connectivity index (χ0v) is 14.8. The maximum Gasteiger partial charge on any atom is 0.318 e. The van der Waals surface area contributed by atoms with Crippen molar-refractivity contribution in [1.82, 2.24) is 35.1 Å². The number of nitrogens with zero attached hydrogens (tertiary/aromatic N) is 6. The Balaban J connectivity index is 1.53. The Morgan fingerprint density at radius 3 is 2.96 bits per heavy atom. The van der Waals surface area contributed by atoms with Gasteiger partial charge in [0.1, 0.15) is 12.4 Å². The standard InChI is InChI=1S/C17H19N7O3/c1-12-21-15(22-27-12)9-18-17(25)23-7-8-26-10-14(23)16-19-11-20-24(16)13-5-3-2-4-6-13/h2-6,11,14H,7-10H2,1H3,(H,18,25). The number of rotatable bonds is 4. The smallest absolute Gasteiger partial charge is 0.318 e. The predicted molar refractivity (Wildman–Crippen MR) is 92.9 cm³/mol. The molecule has 1 atom stereocenters. The van der Waals surface area contributed by atoms with Gasteiger partial charge in [0.25, 0.3) is 0 Å². The molecule has 1 unspecified atom stereocenters. The van der Waals surface area contributed by atoms with Crippen molar-refractivity contribution in [3.05, 3.63) is 54.2 Å². The molecular formula is C17H19N7O3. The lowest BCUT2D eigenvalue weighted by atomic mass is 10.2. The van der Waals surface area contributed by atoms with Gasteiger partial charge in [-0.25, -0.2) is 14.5 Å². The molecule has 10 nitrogen and oxygen atoms in total. The van der Waals surface area contributed by atoms with E-state index < -0.39 is 0 Å². The molecule has 3 heterocycles. The predicted octanol–water partition coefficient (Wildman–Crippen LogP) is 1.24. The fourth-order valence-electron chi connectivity index (χ4n) is 2.98. The first-order valence-electron chi connectivity index (χ1n) is 8.59. The third-order valence-corrected chi connectivity index (χ3v) is 4.23. The van der Waals surface area contributed by atoms with E-state index in [0.29, 0.717) is 37.3 Å². The fraction of sp³-hybridized carbons (Fsp3) is 0.353. The minimum Gasteiger partial charge on any atom is -0.377 e. The molecule has 0 bridgehead atoms. The third-order valence-electron chi connectivity index (χ3n) is 4.23. The van der Waals surface area contributed by atoms with Gasteiger partial charge in [-0.05, 0) is 12.1 Å². The number of aromatic nitrogens is 5. The molecule has 140 valence electrons. The Bertz CT molecular complexity index is 908. The summed E-state index contributed by atoms with van der Waals surface area (Å²) in [7, 11) is 0. The van der Waals surface area contributed by atoms with Crippen molar-refractivity contribution in [2.45, 2.75) is 19.5 Å². The molecular weight excluding hydrogens is 350 g/mol. The summed E-state index contributed by atoms with van der Waals surface area (Å²) in [6.45, 7) is 3.15. The summed E-state index contributed by atoms with van der Waals surface area (Å²) >= 11 is 0. The van der Waals surface area contributed by atoms with Crippen LogP contribution < -0.4 is 5.32 Å². The maximum atomic E-state index is 12.7. The van der Waals surface area contributed by atoms with E-state index in [0.717, 1.165) is 5.69 Å². The third kappa shape index (κ3) is 3.65. The first-order valence-corrected chi connectivity index (χ1v) is 8.59. The average molecular weight is 369 g/mol. The summed E-state index contributed by atoms with van der Waals surface area (Å²) < 4.78 is 12.2. The van der Waals surface area contributed by atoms with Crippen molar-refractivity contribution < 1.29 is 14.1 Å². The number of hydrogen-bond acceptors (Lipinski definition) is 7. The highest BCUT2D eigenvalue weighted by Crippen LogP contribution is 2.24. The van der Waals surface area contributed by atoms with Crippen molar-refractivity contribution in [3.63, 3.8) is 0 Å². The molecule has 1 aromatic carbocycles. The van der Waals surface area contributed by atoms with Gasteiger partial charge in [-0.1, -0.05) is 23.4 Å². The zero-order chi connectivity index (χ0) is 18.6. The minimum atomic E-state index is -0.353. The number of hydrogen-bond donors (Lipinski definition) is 1. The lowest BCUT2D eigenvalue weighted by molar-refractivity contribution is 0.00779. The number of amides is 2. The summed E-state index contributed by atoms with van der Waals surface area (Å²) in [5, 5.41) is 10.9. The van der Waals surface area contributed by atoms with Gasteiger partial charge in [0, 0.05) is 13.5 Å². The Kier molecular flexibility index (Phi) is 4.79. The summed E-state index contributed by atoms with van der Waals surface area (Å²) in [5.74, 6) is 1.53. The van der Waals surface area contributed by atoms with E-state index in [2.05, 4.69) is 25.5 Å². The van der Waals surface area contributed by atoms with Crippen LogP contribution in [0.25, 0.3) is 5.69 Å². The van der Waals surface area contributed by atoms with E-state index in [9.17, 15) is 4.79 Å². The molecule has 1 saturated heterocycles. The number of benzene rings is 1. The van der Waals surface area contributed by atoms with Crippen LogP contribution in [0.4, 0.5) is 4.79 Å². The summed E-state index contributed by atoms with van der Waals surface area (Å²) in [6.07, 6.45) is 1.48. The molecule has 1 fully saturated rings. The van der Waals surface area contributed by atoms with Gasteiger partial charge in [-0.3, -0.25) is 0 Å². The van der Waals surface area contributed by atoms with Gasteiger partial charge in [0.2, 0.25) is 5.89 Å². The van der Waals surface area contributed by atoms with Gasteiger partial charge in [0.05, 0.1) is 25.4 Å². The largest absolute Gasteiger partial charge is 0.377 e. The molecule has 3 aromatic rings. The molecule has 10 heteroatoms. The topological polar surface area (TPSA) is 111 Å². The quantitative estimate of drug-likeness (QED) is 0.736. The Labute approximate surface area is 155 Å². The van der Waals surface area contributed by atoms with Crippen molar-refractivity contribution in [3.8, 4) is 5.69 Å². The van der Waals surface area contributed by atoms with E-state index >= 15 is 0 Å². The Morgan fingerprint density at radius 2 is 2.19 bits per heavy atom. The number of ether oxygens (including phenoxy) is 1. The van der Waals surface area contributed by atoms with E-state index in [4.69, 9.17) is 9.26 Å². The van der Waals surface area contributed by atoms with Crippen LogP contribution in [0.5, 0.6) is 0 Å². The highest BCUT2D eigenvalue weighted by Gasteiger charge is 2.32. The minimum absolute atomic E-state index is 0.186. The Morgan fingerprint density at radius 1 is 1.33 bits per heavy atom. The van der Waals surface area contributed by atoms with Crippen LogP contribution in [-0.2, 0) is 11.3 Å². The second-order valence-electron chi connectivity index (χ2n) is 6.04. The van der Waals surface area contributed by atoms with Crippen molar-refractivity contribution in [2.24, 2.45) is 0 Å². The molecule has 0 spiro atoms. The summed E-state index contributed by atoms with van der Waals surface area (Å²) in [4.78, 5) is 22.9. The molecule has 1 aliphatic heterocycles. The van der Waals surface area contributed by atoms with Gasteiger partial charge < -0.3 is 19.5 Å². The normalized spacial score (nSPS) is 17.1. The van der Waals surface area contributed by atoms with Gasteiger partial charge in [0.15, 0.2) is 11.6 Å². The highest BCUT2D eigenvalue weighted by atomic mass is 16.5. The molecule has 1 N–H and O–H groups in total. The van der Waals surface area contributed by atoms with Gasteiger partial charge >= 0.3 is 6.03 Å². The maximum absolute atomic E-state index is 12.7. The molecule has 4 rings (SSSR count). The van der Waals surface area contributed by atoms with Crippen molar-refractivity contribution in [2.75, 3.05) is 19.8 Å². The second-order valence-corrected chi connectivity index (χ2v) is 6.04. The number of carbonyl (C=O) groups is 1. The van der Waals surface area contributed by atoms with E-state index in [1.165, 1.54) is 6.33 Å². The number of carbonyl (C=O) groups excluding carboxylic acids is 1. The summed E-state index contributed by atoms with van der Waals surface area (Å²) in [5.41, 5.74) is 0.873. The van der Waals surface area contributed by atoms with Crippen molar-refractivity contribution >= 4 is 6.03 Å². The van der Waals surface area contributed by atoms with Crippen LogP contribution in [0.1, 0.15) is 23.6 Å². The van der Waals surface area contributed by atoms with Crippen LogP contribution in [-0.4, -0.2) is 55.6 Å². The van der Waals surface area contributed by atoms with Crippen LogP contribution in [0, 0.1) is 6.92 Å². The summed E-state index contributed by atoms with van der Waals surface area (Å²) in [6, 6.07) is 9.06. The Hall–Kier alpha value is -3.27. The zero-order valence-electron chi connectivity index (χ0n) is 14.8. The molecule has 27 heavy (non-hydrogen) atoms. The number of nitrogens with one attached hydrogen (secondary N) is 1. The average Bonchev–Trinajstić information content (AvgIpc) is 3.36. The second kappa shape index (κ2) is 7.54. The monoisotopic (exact) mass is 369 g/mol. The lowest BCUT2D eigenvalue weighted by Crippen LogP contribution is -2.48. The number of urea groups is 1. The first kappa shape index (κ1) is 17.2. The number of morpholine rings is 1. The molecule has 0 aliphatic carbocycles. The van der Waals surface area contributed by atoms with Gasteiger partial charge in [-0.2, -0.15) is 10.1 Å².